The molecule has 136 valence electrons. The molecular formula is C15H18Cl2N4O2S2. The Morgan fingerprint density at radius 3 is 2.84 bits per heavy atom. The number of nitrogens with one attached hydrogen (secondary N) is 1. The van der Waals surface area contributed by atoms with Gasteiger partial charge in [-0.15, -0.1) is 22.6 Å². The summed E-state index contributed by atoms with van der Waals surface area (Å²) in [6.45, 7) is 1.32. The van der Waals surface area contributed by atoms with E-state index in [4.69, 9.17) is 22.1 Å². The summed E-state index contributed by atoms with van der Waals surface area (Å²) in [6.07, 6.45) is 1.62. The van der Waals surface area contributed by atoms with Crippen molar-refractivity contribution in [3.05, 3.63) is 28.7 Å². The Kier molecular flexibility index (Phi) is 7.92. The Morgan fingerprint density at radius 1 is 1.44 bits per heavy atom. The fraction of sp³-hybridized carbons (Fsp3) is 0.400. The molecule has 10 heteroatoms. The topological polar surface area (TPSA) is 90.1 Å². The van der Waals surface area contributed by atoms with Gasteiger partial charge in [-0.3, -0.25) is 4.79 Å². The Labute approximate surface area is 165 Å². The number of amides is 1. The number of benzene rings is 1. The minimum absolute atomic E-state index is 0. The molecule has 1 unspecified atom stereocenters. The van der Waals surface area contributed by atoms with Gasteiger partial charge in [0, 0.05) is 23.8 Å². The van der Waals surface area contributed by atoms with Crippen LogP contribution in [0.3, 0.4) is 0 Å². The van der Waals surface area contributed by atoms with Crippen LogP contribution in [0.2, 0.25) is 5.02 Å². The van der Waals surface area contributed by atoms with Crippen LogP contribution in [0.1, 0.15) is 12.8 Å². The van der Waals surface area contributed by atoms with E-state index < -0.39 is 6.04 Å². The highest BCUT2D eigenvalue weighted by Crippen LogP contribution is 2.35. The van der Waals surface area contributed by atoms with Crippen LogP contribution in [-0.2, 0) is 9.53 Å². The standard InChI is InChI=1S/C15H17ClN4O2S2.ClH/c16-11-7-10(1-2-12(11)24-15-20-18-8-23-15)19-14(21)13(17)9-3-5-22-6-4-9;/h1-2,7-9,13H,3-6,17H2,(H,19,21);1H. The fourth-order valence-corrected chi connectivity index (χ4v) is 4.21. The molecule has 6 nitrogen and oxygen atoms in total. The second kappa shape index (κ2) is 9.70. The van der Waals surface area contributed by atoms with Crippen LogP contribution in [0, 0.1) is 5.92 Å². The Hall–Kier alpha value is -0.900. The lowest BCUT2D eigenvalue weighted by molar-refractivity contribution is -0.119. The van der Waals surface area contributed by atoms with E-state index in [0.717, 1.165) is 22.1 Å². The zero-order chi connectivity index (χ0) is 16.9. The first-order valence-corrected chi connectivity index (χ1v) is 9.58. The molecule has 0 bridgehead atoms. The lowest BCUT2D eigenvalue weighted by atomic mass is 9.92. The van der Waals surface area contributed by atoms with Crippen molar-refractivity contribution in [1.29, 1.82) is 0 Å². The highest BCUT2D eigenvalue weighted by atomic mass is 35.5. The molecule has 1 aliphatic rings. The number of ether oxygens (including phenoxy) is 1. The van der Waals surface area contributed by atoms with E-state index in [-0.39, 0.29) is 24.2 Å². The Balaban J connectivity index is 0.00000225. The summed E-state index contributed by atoms with van der Waals surface area (Å²) in [5.41, 5.74) is 8.38. The highest BCUT2D eigenvalue weighted by Gasteiger charge is 2.26. The van der Waals surface area contributed by atoms with E-state index >= 15 is 0 Å². The zero-order valence-corrected chi connectivity index (χ0v) is 16.4. The van der Waals surface area contributed by atoms with Gasteiger partial charge in [0.2, 0.25) is 5.91 Å². The second-order valence-corrected chi connectivity index (χ2v) is 7.95. The lowest BCUT2D eigenvalue weighted by Crippen LogP contribution is -2.44. The van der Waals surface area contributed by atoms with Gasteiger partial charge in [-0.25, -0.2) is 0 Å². The van der Waals surface area contributed by atoms with Crippen LogP contribution in [-0.4, -0.2) is 35.4 Å². The predicted molar refractivity (Wildman–Crippen MR) is 103 cm³/mol. The lowest BCUT2D eigenvalue weighted by Gasteiger charge is -2.26. The van der Waals surface area contributed by atoms with Crippen LogP contribution in [0.5, 0.6) is 0 Å². The third kappa shape index (κ3) is 5.54. The van der Waals surface area contributed by atoms with E-state index in [9.17, 15) is 4.79 Å². The minimum atomic E-state index is -0.539. The minimum Gasteiger partial charge on any atom is -0.381 e. The van der Waals surface area contributed by atoms with Crippen LogP contribution in [0.15, 0.2) is 32.9 Å². The first-order valence-electron chi connectivity index (χ1n) is 7.51. The molecule has 0 saturated carbocycles. The normalized spacial score (nSPS) is 16.1. The Bertz CT molecular complexity index is 697. The van der Waals surface area contributed by atoms with Crippen LogP contribution in [0.4, 0.5) is 5.69 Å². The summed E-state index contributed by atoms with van der Waals surface area (Å²) in [7, 11) is 0. The molecule has 0 aliphatic carbocycles. The third-order valence-corrected chi connectivity index (χ3v) is 6.09. The van der Waals surface area contributed by atoms with E-state index in [1.807, 2.05) is 12.1 Å². The molecule has 3 rings (SSSR count). The van der Waals surface area contributed by atoms with E-state index in [1.54, 1.807) is 11.6 Å². The number of hydrogen-bond donors (Lipinski definition) is 2. The third-order valence-electron chi connectivity index (χ3n) is 3.81. The number of hydrogen-bond acceptors (Lipinski definition) is 7. The fourth-order valence-electron chi connectivity index (χ4n) is 2.48. The maximum atomic E-state index is 12.3. The quantitative estimate of drug-likeness (QED) is 0.769. The molecule has 25 heavy (non-hydrogen) atoms. The van der Waals surface area contributed by atoms with Crippen molar-refractivity contribution in [2.24, 2.45) is 11.7 Å². The zero-order valence-electron chi connectivity index (χ0n) is 13.2. The summed E-state index contributed by atoms with van der Waals surface area (Å²) >= 11 is 9.18. The second-order valence-electron chi connectivity index (χ2n) is 5.42. The highest BCUT2D eigenvalue weighted by molar-refractivity contribution is 8.01. The van der Waals surface area contributed by atoms with Crippen molar-refractivity contribution >= 4 is 58.7 Å². The van der Waals surface area contributed by atoms with Crippen molar-refractivity contribution in [2.75, 3.05) is 18.5 Å². The summed E-state index contributed by atoms with van der Waals surface area (Å²) in [6, 6.07) is 4.84. The Morgan fingerprint density at radius 2 is 2.20 bits per heavy atom. The largest absolute Gasteiger partial charge is 0.381 e. The van der Waals surface area contributed by atoms with Gasteiger partial charge in [0.25, 0.3) is 0 Å². The maximum absolute atomic E-state index is 12.3. The van der Waals surface area contributed by atoms with Crippen molar-refractivity contribution in [3.63, 3.8) is 0 Å². The van der Waals surface area contributed by atoms with Crippen molar-refractivity contribution < 1.29 is 9.53 Å². The van der Waals surface area contributed by atoms with Crippen molar-refractivity contribution in [2.45, 2.75) is 28.1 Å². The number of carbonyl (C=O) groups excluding carboxylic acids is 1. The average molecular weight is 421 g/mol. The van der Waals surface area contributed by atoms with E-state index in [1.165, 1.54) is 23.1 Å². The van der Waals surface area contributed by atoms with Gasteiger partial charge in [-0.2, -0.15) is 0 Å². The number of halogens is 2. The average Bonchev–Trinajstić information content (AvgIpc) is 3.10. The number of aromatic nitrogens is 2. The van der Waals surface area contributed by atoms with E-state index in [0.29, 0.717) is 23.9 Å². The molecule has 1 amide bonds. The molecule has 1 aromatic carbocycles. The summed E-state index contributed by atoms with van der Waals surface area (Å²) in [5.74, 6) is -0.0380. The molecule has 1 aliphatic heterocycles. The van der Waals surface area contributed by atoms with Crippen molar-refractivity contribution in [3.8, 4) is 0 Å². The van der Waals surface area contributed by atoms with Gasteiger partial charge in [0.1, 0.15) is 5.51 Å². The first kappa shape index (κ1) is 20.4. The molecule has 1 aromatic heterocycles. The van der Waals surface area contributed by atoms with Crippen LogP contribution in [0.25, 0.3) is 0 Å². The molecule has 3 N–H and O–H groups in total. The van der Waals surface area contributed by atoms with Gasteiger partial charge in [0.05, 0.1) is 11.1 Å². The van der Waals surface area contributed by atoms with Gasteiger partial charge < -0.3 is 15.8 Å². The predicted octanol–water partition coefficient (Wildman–Crippen LogP) is 3.46. The number of rotatable bonds is 5. The molecule has 1 saturated heterocycles. The first-order chi connectivity index (χ1) is 11.6. The summed E-state index contributed by atoms with van der Waals surface area (Å²) in [4.78, 5) is 13.2. The summed E-state index contributed by atoms with van der Waals surface area (Å²) < 4.78 is 6.12. The van der Waals surface area contributed by atoms with Crippen LogP contribution >= 0.6 is 47.1 Å². The molecule has 0 radical (unpaired) electrons. The molecule has 1 fully saturated rings. The molecule has 2 aromatic rings. The monoisotopic (exact) mass is 420 g/mol. The van der Waals surface area contributed by atoms with Gasteiger partial charge in [-0.1, -0.05) is 34.7 Å². The number of nitrogens with two attached hydrogens (primary N) is 1. The maximum Gasteiger partial charge on any atom is 0.241 e. The smallest absolute Gasteiger partial charge is 0.241 e. The van der Waals surface area contributed by atoms with E-state index in [2.05, 4.69) is 15.5 Å². The molecule has 0 spiro atoms. The van der Waals surface area contributed by atoms with Gasteiger partial charge in [-0.05, 0) is 37.0 Å². The van der Waals surface area contributed by atoms with Gasteiger partial charge >= 0.3 is 0 Å². The van der Waals surface area contributed by atoms with Gasteiger partial charge in [0.15, 0.2) is 4.34 Å². The molecule has 1 atom stereocenters. The summed E-state index contributed by atoms with van der Waals surface area (Å²) in [5, 5.41) is 11.2. The number of anilines is 1. The molecule has 2 heterocycles. The number of carbonyl (C=O) groups is 1. The molecular weight excluding hydrogens is 403 g/mol. The number of nitrogens with zero attached hydrogens (tertiary/aromatic N) is 2. The SMILES string of the molecule is Cl.NC(C(=O)Nc1ccc(Sc2nncs2)c(Cl)c1)C1CCOCC1. The van der Waals surface area contributed by atoms with Crippen molar-refractivity contribution in [1.82, 2.24) is 10.2 Å². The van der Waals surface area contributed by atoms with Crippen LogP contribution < -0.4 is 11.1 Å².